The van der Waals surface area contributed by atoms with Gasteiger partial charge in [-0.15, -0.1) is 0 Å². The first-order valence-electron chi connectivity index (χ1n) is 7.68. The monoisotopic (exact) mass is 375 g/mol. The lowest BCUT2D eigenvalue weighted by Crippen LogP contribution is -2.39. The highest BCUT2D eigenvalue weighted by Gasteiger charge is 2.15. The summed E-state index contributed by atoms with van der Waals surface area (Å²) >= 11 is 5.88. The molecule has 136 valence electrons. The van der Waals surface area contributed by atoms with Crippen molar-refractivity contribution in [1.82, 2.24) is 5.32 Å². The van der Waals surface area contributed by atoms with Gasteiger partial charge in [-0.25, -0.2) is 0 Å². The zero-order valence-corrected chi connectivity index (χ0v) is 15.0. The molecule has 0 aliphatic carbocycles. The van der Waals surface area contributed by atoms with Gasteiger partial charge in [-0.2, -0.15) is 0 Å². The fraction of sp³-hybridized carbons (Fsp3) is 0.167. The second-order valence-electron chi connectivity index (χ2n) is 5.37. The third-order valence-electron chi connectivity index (χ3n) is 3.44. The quantitative estimate of drug-likeness (QED) is 0.699. The van der Waals surface area contributed by atoms with Crippen LogP contribution in [0.15, 0.2) is 42.5 Å². The van der Waals surface area contributed by atoms with Gasteiger partial charge in [0.2, 0.25) is 5.91 Å². The van der Waals surface area contributed by atoms with Crippen molar-refractivity contribution in [3.05, 3.63) is 53.1 Å². The molecule has 0 aliphatic rings. The van der Waals surface area contributed by atoms with Crippen molar-refractivity contribution in [2.75, 3.05) is 24.3 Å². The van der Waals surface area contributed by atoms with Gasteiger partial charge in [-0.3, -0.25) is 14.4 Å². The lowest BCUT2D eigenvalue weighted by Gasteiger charge is -2.10. The van der Waals surface area contributed by atoms with E-state index in [0.717, 1.165) is 5.56 Å². The third kappa shape index (κ3) is 5.49. The number of amides is 3. The van der Waals surface area contributed by atoms with Crippen LogP contribution in [-0.4, -0.2) is 31.4 Å². The molecule has 0 aliphatic heterocycles. The van der Waals surface area contributed by atoms with Gasteiger partial charge < -0.3 is 20.7 Å². The Morgan fingerprint density at radius 1 is 1.00 bits per heavy atom. The zero-order valence-electron chi connectivity index (χ0n) is 14.3. The molecule has 0 saturated heterocycles. The van der Waals surface area contributed by atoms with Crippen molar-refractivity contribution >= 4 is 40.7 Å². The molecule has 2 aromatic rings. The SMILES string of the molecule is COc1ccc(NC(=O)C(=O)NCC(=O)Nc2cc(Cl)ccc2C)cc1. The third-order valence-corrected chi connectivity index (χ3v) is 3.67. The minimum absolute atomic E-state index is 0.346. The first-order valence-corrected chi connectivity index (χ1v) is 8.06. The van der Waals surface area contributed by atoms with Crippen molar-refractivity contribution < 1.29 is 19.1 Å². The van der Waals surface area contributed by atoms with Crippen LogP contribution >= 0.6 is 11.6 Å². The smallest absolute Gasteiger partial charge is 0.313 e. The molecule has 0 radical (unpaired) electrons. The maximum atomic E-state index is 11.9. The number of methoxy groups -OCH3 is 1. The van der Waals surface area contributed by atoms with E-state index in [1.807, 2.05) is 6.92 Å². The lowest BCUT2D eigenvalue weighted by molar-refractivity contribution is -0.136. The Kier molecular flexibility index (Phi) is 6.57. The summed E-state index contributed by atoms with van der Waals surface area (Å²) in [5.74, 6) is -1.64. The molecule has 0 bridgehead atoms. The van der Waals surface area contributed by atoms with Crippen LogP contribution in [0, 0.1) is 6.92 Å². The van der Waals surface area contributed by atoms with Gasteiger partial charge in [0.25, 0.3) is 0 Å². The molecule has 26 heavy (non-hydrogen) atoms. The van der Waals surface area contributed by atoms with Gasteiger partial charge in [0.15, 0.2) is 0 Å². The van der Waals surface area contributed by atoms with Gasteiger partial charge in [-0.1, -0.05) is 17.7 Å². The van der Waals surface area contributed by atoms with Gasteiger partial charge in [0.05, 0.1) is 13.7 Å². The number of hydrogen-bond donors (Lipinski definition) is 3. The van der Waals surface area contributed by atoms with Crippen molar-refractivity contribution in [1.29, 1.82) is 0 Å². The number of halogens is 1. The molecule has 0 atom stereocenters. The van der Waals surface area contributed by atoms with Crippen molar-refractivity contribution in [2.45, 2.75) is 6.92 Å². The molecule has 7 nitrogen and oxygen atoms in total. The number of aryl methyl sites for hydroxylation is 1. The molecule has 2 aromatic carbocycles. The van der Waals surface area contributed by atoms with Gasteiger partial charge >= 0.3 is 11.8 Å². The Morgan fingerprint density at radius 3 is 2.35 bits per heavy atom. The Hall–Kier alpha value is -3.06. The van der Waals surface area contributed by atoms with Crippen LogP contribution in [0.2, 0.25) is 5.02 Å². The van der Waals surface area contributed by atoms with Gasteiger partial charge in [0.1, 0.15) is 5.75 Å². The molecule has 0 unspecified atom stereocenters. The number of hydrogen-bond acceptors (Lipinski definition) is 4. The second kappa shape index (κ2) is 8.87. The Balaban J connectivity index is 1.83. The Labute approximate surface area is 155 Å². The second-order valence-corrected chi connectivity index (χ2v) is 5.81. The normalized spacial score (nSPS) is 9.96. The molecule has 0 spiro atoms. The first kappa shape index (κ1) is 19.3. The summed E-state index contributed by atoms with van der Waals surface area (Å²) in [7, 11) is 1.52. The minimum atomic E-state index is -0.918. The summed E-state index contributed by atoms with van der Waals surface area (Å²) in [6.45, 7) is 1.47. The average molecular weight is 376 g/mol. The molecule has 0 fully saturated rings. The molecule has 0 heterocycles. The van der Waals surface area contributed by atoms with E-state index in [4.69, 9.17) is 16.3 Å². The summed E-state index contributed by atoms with van der Waals surface area (Å²) in [6.07, 6.45) is 0. The highest BCUT2D eigenvalue weighted by atomic mass is 35.5. The van der Waals surface area contributed by atoms with Crippen LogP contribution in [0.25, 0.3) is 0 Å². The number of carbonyl (C=O) groups is 3. The van der Waals surface area contributed by atoms with Crippen molar-refractivity contribution in [3.63, 3.8) is 0 Å². The highest BCUT2D eigenvalue weighted by molar-refractivity contribution is 6.40. The van der Waals surface area contributed by atoms with E-state index in [2.05, 4.69) is 16.0 Å². The highest BCUT2D eigenvalue weighted by Crippen LogP contribution is 2.20. The van der Waals surface area contributed by atoms with E-state index in [-0.39, 0.29) is 6.54 Å². The summed E-state index contributed by atoms with van der Waals surface area (Å²) in [5.41, 5.74) is 1.80. The van der Waals surface area contributed by atoms with Crippen LogP contribution < -0.4 is 20.7 Å². The van der Waals surface area contributed by atoms with Crippen LogP contribution in [-0.2, 0) is 14.4 Å². The van der Waals surface area contributed by atoms with Crippen molar-refractivity contribution in [3.8, 4) is 5.75 Å². The van der Waals surface area contributed by atoms with E-state index in [0.29, 0.717) is 22.1 Å². The Bertz CT molecular complexity index is 822. The number of carbonyl (C=O) groups excluding carboxylic acids is 3. The first-order chi connectivity index (χ1) is 12.4. The van der Waals surface area contributed by atoms with Crippen molar-refractivity contribution in [2.24, 2.45) is 0 Å². The predicted molar refractivity (Wildman–Crippen MR) is 99.5 cm³/mol. The van der Waals surface area contributed by atoms with Gasteiger partial charge in [0, 0.05) is 16.4 Å². The Morgan fingerprint density at radius 2 is 1.69 bits per heavy atom. The number of benzene rings is 2. The molecular weight excluding hydrogens is 358 g/mol. The summed E-state index contributed by atoms with van der Waals surface area (Å²) in [6, 6.07) is 11.6. The molecular formula is C18H18ClN3O4. The number of nitrogens with one attached hydrogen (secondary N) is 3. The molecule has 8 heteroatoms. The molecule has 0 saturated carbocycles. The van der Waals surface area contributed by atoms with E-state index in [1.165, 1.54) is 7.11 Å². The number of anilines is 2. The van der Waals surface area contributed by atoms with E-state index >= 15 is 0 Å². The topological polar surface area (TPSA) is 96.5 Å². The maximum Gasteiger partial charge on any atom is 0.313 e. The summed E-state index contributed by atoms with van der Waals surface area (Å²) in [5, 5.41) is 7.79. The molecule has 3 amide bonds. The minimum Gasteiger partial charge on any atom is -0.497 e. The van der Waals surface area contributed by atoms with Crippen LogP contribution in [0.1, 0.15) is 5.56 Å². The molecule has 2 rings (SSSR count). The van der Waals surface area contributed by atoms with Crippen LogP contribution in [0.3, 0.4) is 0 Å². The fourth-order valence-corrected chi connectivity index (χ4v) is 2.20. The zero-order chi connectivity index (χ0) is 19.1. The van der Waals surface area contributed by atoms with E-state index < -0.39 is 17.7 Å². The van der Waals surface area contributed by atoms with Crippen LogP contribution in [0.4, 0.5) is 11.4 Å². The molecule has 0 aromatic heterocycles. The maximum absolute atomic E-state index is 11.9. The summed E-state index contributed by atoms with van der Waals surface area (Å²) < 4.78 is 5.01. The fourth-order valence-electron chi connectivity index (χ4n) is 2.03. The van der Waals surface area contributed by atoms with Crippen LogP contribution in [0.5, 0.6) is 5.75 Å². The lowest BCUT2D eigenvalue weighted by atomic mass is 10.2. The number of rotatable bonds is 5. The van der Waals surface area contributed by atoms with E-state index in [9.17, 15) is 14.4 Å². The average Bonchev–Trinajstić information content (AvgIpc) is 2.63. The van der Waals surface area contributed by atoms with E-state index in [1.54, 1.807) is 42.5 Å². The molecule has 3 N–H and O–H groups in total. The van der Waals surface area contributed by atoms with Gasteiger partial charge in [-0.05, 0) is 48.9 Å². The number of ether oxygens (including phenoxy) is 1. The largest absolute Gasteiger partial charge is 0.497 e. The summed E-state index contributed by atoms with van der Waals surface area (Å²) in [4.78, 5) is 35.5. The predicted octanol–water partition coefficient (Wildman–Crippen LogP) is 2.35. The standard InChI is InChI=1S/C18H18ClN3O4/c1-11-3-4-12(19)9-15(11)22-16(23)10-20-17(24)18(25)21-13-5-7-14(26-2)8-6-13/h3-9H,10H2,1-2H3,(H,20,24)(H,21,25)(H,22,23).